The first kappa shape index (κ1) is 17.6. The zero-order valence-corrected chi connectivity index (χ0v) is 14.5. The highest BCUT2D eigenvalue weighted by atomic mass is 16.6. The van der Waals surface area contributed by atoms with Crippen LogP contribution in [0.1, 0.15) is 37.5 Å². The number of hydrogen-bond acceptors (Lipinski definition) is 4. The standard InChI is InChI=1S/C20H22N2O2/c1-20(2,3)16-9-11-17(12-10-16)24-14-15-7-5-6-8-18(15)19(13-21)22-23-4/h5-12H,14H2,1-4H3. The van der Waals surface area contributed by atoms with E-state index in [2.05, 4.69) is 44.1 Å². The minimum atomic E-state index is 0.115. The summed E-state index contributed by atoms with van der Waals surface area (Å²) in [7, 11) is 1.42. The van der Waals surface area contributed by atoms with Crippen molar-refractivity contribution >= 4 is 5.71 Å². The van der Waals surface area contributed by atoms with Gasteiger partial charge in [-0.15, -0.1) is 0 Å². The first-order valence-corrected chi connectivity index (χ1v) is 7.78. The van der Waals surface area contributed by atoms with E-state index in [1.807, 2.05) is 36.4 Å². The van der Waals surface area contributed by atoms with E-state index in [1.165, 1.54) is 12.7 Å². The molecule has 0 N–H and O–H groups in total. The molecule has 0 aliphatic rings. The summed E-state index contributed by atoms with van der Waals surface area (Å²) < 4.78 is 5.87. The lowest BCUT2D eigenvalue weighted by molar-refractivity contribution is 0.214. The van der Waals surface area contributed by atoms with Crippen LogP contribution in [0.2, 0.25) is 0 Å². The van der Waals surface area contributed by atoms with Crippen LogP contribution in [0.5, 0.6) is 5.75 Å². The lowest BCUT2D eigenvalue weighted by atomic mass is 9.87. The van der Waals surface area contributed by atoms with Crippen molar-refractivity contribution in [3.8, 4) is 11.8 Å². The molecule has 0 heterocycles. The van der Waals surface area contributed by atoms with Crippen molar-refractivity contribution in [1.82, 2.24) is 0 Å². The molecular formula is C20H22N2O2. The Morgan fingerprint density at radius 2 is 1.75 bits per heavy atom. The maximum absolute atomic E-state index is 9.23. The van der Waals surface area contributed by atoms with Gasteiger partial charge in [-0.2, -0.15) is 5.26 Å². The van der Waals surface area contributed by atoms with Crippen LogP contribution in [0, 0.1) is 11.3 Å². The van der Waals surface area contributed by atoms with Gasteiger partial charge in [0.15, 0.2) is 5.71 Å². The average molecular weight is 322 g/mol. The number of oxime groups is 1. The predicted molar refractivity (Wildman–Crippen MR) is 95.1 cm³/mol. The number of benzene rings is 2. The molecule has 0 radical (unpaired) electrons. The van der Waals surface area contributed by atoms with Crippen LogP contribution in [-0.4, -0.2) is 12.8 Å². The lowest BCUT2D eigenvalue weighted by Crippen LogP contribution is -2.10. The van der Waals surface area contributed by atoms with E-state index in [9.17, 15) is 5.26 Å². The minimum Gasteiger partial charge on any atom is -0.489 e. The smallest absolute Gasteiger partial charge is 0.187 e. The molecule has 0 amide bonds. The average Bonchev–Trinajstić information content (AvgIpc) is 2.58. The Morgan fingerprint density at radius 3 is 2.33 bits per heavy atom. The fraction of sp³-hybridized carbons (Fsp3) is 0.300. The number of ether oxygens (including phenoxy) is 1. The summed E-state index contributed by atoms with van der Waals surface area (Å²) in [6, 6.07) is 17.7. The Labute approximate surface area is 143 Å². The van der Waals surface area contributed by atoms with Crippen molar-refractivity contribution < 1.29 is 9.57 Å². The Balaban J connectivity index is 2.16. The zero-order valence-electron chi connectivity index (χ0n) is 14.5. The van der Waals surface area contributed by atoms with Crippen LogP contribution in [0.25, 0.3) is 0 Å². The first-order valence-electron chi connectivity index (χ1n) is 7.78. The molecule has 4 heteroatoms. The molecule has 0 saturated heterocycles. The number of rotatable bonds is 5. The highest BCUT2D eigenvalue weighted by Gasteiger charge is 2.13. The van der Waals surface area contributed by atoms with E-state index in [4.69, 9.17) is 9.57 Å². The molecule has 0 aliphatic heterocycles. The van der Waals surface area contributed by atoms with E-state index < -0.39 is 0 Å². The van der Waals surface area contributed by atoms with Crippen molar-refractivity contribution in [2.75, 3.05) is 7.11 Å². The van der Waals surface area contributed by atoms with Crippen LogP contribution in [0.4, 0.5) is 0 Å². The molecule has 2 rings (SSSR count). The predicted octanol–water partition coefficient (Wildman–Crippen LogP) is 4.44. The normalized spacial score (nSPS) is 11.7. The quantitative estimate of drug-likeness (QED) is 0.604. The lowest BCUT2D eigenvalue weighted by Gasteiger charge is -2.19. The van der Waals surface area contributed by atoms with Crippen molar-refractivity contribution in [1.29, 1.82) is 5.26 Å². The molecule has 0 spiro atoms. The van der Waals surface area contributed by atoms with E-state index in [0.717, 1.165) is 11.3 Å². The molecule has 0 aliphatic carbocycles. The summed E-state index contributed by atoms with van der Waals surface area (Å²) in [4.78, 5) is 4.74. The number of nitrogens with zero attached hydrogens (tertiary/aromatic N) is 2. The van der Waals surface area contributed by atoms with Gasteiger partial charge >= 0.3 is 0 Å². The third-order valence-corrected chi connectivity index (χ3v) is 3.68. The van der Waals surface area contributed by atoms with E-state index in [1.54, 1.807) is 0 Å². The van der Waals surface area contributed by atoms with Gasteiger partial charge in [-0.25, -0.2) is 0 Å². The van der Waals surface area contributed by atoms with Gasteiger partial charge in [0, 0.05) is 5.56 Å². The van der Waals surface area contributed by atoms with Crippen LogP contribution in [-0.2, 0) is 16.9 Å². The van der Waals surface area contributed by atoms with Crippen LogP contribution in [0.15, 0.2) is 53.7 Å². The SMILES string of the molecule is CON=C(C#N)c1ccccc1COc1ccc(C(C)(C)C)cc1. The summed E-state index contributed by atoms with van der Waals surface area (Å²) in [6.07, 6.45) is 0. The van der Waals surface area contributed by atoms with Gasteiger partial charge in [0.1, 0.15) is 25.5 Å². The molecular weight excluding hydrogens is 300 g/mol. The Kier molecular flexibility index (Phi) is 5.59. The maximum Gasteiger partial charge on any atom is 0.187 e. The fourth-order valence-electron chi connectivity index (χ4n) is 2.31. The molecule has 2 aromatic carbocycles. The zero-order chi connectivity index (χ0) is 17.6. The van der Waals surface area contributed by atoms with Crippen molar-refractivity contribution in [3.05, 3.63) is 65.2 Å². The maximum atomic E-state index is 9.23. The Morgan fingerprint density at radius 1 is 1.08 bits per heavy atom. The molecule has 0 atom stereocenters. The Hall–Kier alpha value is -2.80. The third-order valence-electron chi connectivity index (χ3n) is 3.68. The highest BCUT2D eigenvalue weighted by molar-refractivity contribution is 6.12. The minimum absolute atomic E-state index is 0.115. The van der Waals surface area contributed by atoms with Gasteiger partial charge in [0.2, 0.25) is 0 Å². The van der Waals surface area contributed by atoms with Crippen LogP contribution >= 0.6 is 0 Å². The molecule has 0 saturated carbocycles. The molecule has 0 fully saturated rings. The van der Waals surface area contributed by atoms with Gasteiger partial charge in [-0.05, 0) is 28.7 Å². The van der Waals surface area contributed by atoms with Gasteiger partial charge < -0.3 is 9.57 Å². The molecule has 2 aromatic rings. The Bertz CT molecular complexity index is 750. The summed E-state index contributed by atoms with van der Waals surface area (Å²) in [5.41, 5.74) is 3.21. The molecule has 0 aromatic heterocycles. The van der Waals surface area contributed by atoms with Crippen molar-refractivity contribution in [2.45, 2.75) is 32.8 Å². The van der Waals surface area contributed by atoms with E-state index in [0.29, 0.717) is 12.2 Å². The summed E-state index contributed by atoms with van der Waals surface area (Å²) in [6.45, 7) is 6.89. The molecule has 0 unspecified atom stereocenters. The third kappa shape index (κ3) is 4.36. The molecule has 124 valence electrons. The topological polar surface area (TPSA) is 54.6 Å². The van der Waals surface area contributed by atoms with Gasteiger partial charge in [-0.1, -0.05) is 62.3 Å². The van der Waals surface area contributed by atoms with Gasteiger partial charge in [-0.3, -0.25) is 0 Å². The monoisotopic (exact) mass is 322 g/mol. The van der Waals surface area contributed by atoms with Crippen LogP contribution < -0.4 is 4.74 Å². The highest BCUT2D eigenvalue weighted by Crippen LogP contribution is 2.25. The van der Waals surface area contributed by atoms with E-state index in [-0.39, 0.29) is 11.1 Å². The van der Waals surface area contributed by atoms with Crippen molar-refractivity contribution in [2.24, 2.45) is 5.16 Å². The second kappa shape index (κ2) is 7.65. The molecule has 24 heavy (non-hydrogen) atoms. The van der Waals surface area contributed by atoms with E-state index >= 15 is 0 Å². The summed E-state index contributed by atoms with van der Waals surface area (Å²) in [5.74, 6) is 0.792. The summed E-state index contributed by atoms with van der Waals surface area (Å²) >= 11 is 0. The largest absolute Gasteiger partial charge is 0.489 e. The fourth-order valence-corrected chi connectivity index (χ4v) is 2.31. The van der Waals surface area contributed by atoms with Gasteiger partial charge in [0.05, 0.1) is 0 Å². The van der Waals surface area contributed by atoms with Crippen molar-refractivity contribution in [3.63, 3.8) is 0 Å². The van der Waals surface area contributed by atoms with Crippen LogP contribution in [0.3, 0.4) is 0 Å². The molecule has 4 nitrogen and oxygen atoms in total. The van der Waals surface area contributed by atoms with Gasteiger partial charge in [0.25, 0.3) is 0 Å². The number of hydrogen-bond donors (Lipinski definition) is 0. The second-order valence-electron chi connectivity index (χ2n) is 6.45. The first-order chi connectivity index (χ1) is 11.5. The second-order valence-corrected chi connectivity index (χ2v) is 6.45. The molecule has 0 bridgehead atoms. The number of nitriles is 1. The summed E-state index contributed by atoms with van der Waals surface area (Å²) in [5, 5.41) is 13.0.